The Hall–Kier alpha value is -3.62. The molecule has 0 spiro atoms. The highest BCUT2D eigenvalue weighted by atomic mass is 16.6. The number of amides is 2. The number of nitro groups is 1. The molecule has 25 heavy (non-hydrogen) atoms. The highest BCUT2D eigenvalue weighted by Gasteiger charge is 2.09. The average molecular weight is 341 g/mol. The summed E-state index contributed by atoms with van der Waals surface area (Å²) in [6, 6.07) is 10.6. The number of nitro benzene ring substituents is 1. The third-order valence-corrected chi connectivity index (χ3v) is 3.15. The fraction of sp³-hybridized carbons (Fsp3) is 0.125. The fourth-order valence-electron chi connectivity index (χ4n) is 1.82. The van der Waals surface area contributed by atoms with Gasteiger partial charge in [0.15, 0.2) is 0 Å². The van der Waals surface area contributed by atoms with E-state index in [9.17, 15) is 19.7 Å². The van der Waals surface area contributed by atoms with Crippen molar-refractivity contribution in [3.05, 3.63) is 70.0 Å². The minimum absolute atomic E-state index is 0.0298. The minimum Gasteiger partial charge on any atom is -0.342 e. The Morgan fingerprint density at radius 2 is 1.92 bits per heavy atom. The van der Waals surface area contributed by atoms with E-state index in [1.54, 1.807) is 19.1 Å². The summed E-state index contributed by atoms with van der Waals surface area (Å²) < 4.78 is 0. The second-order valence-corrected chi connectivity index (χ2v) is 4.93. The first-order valence-electron chi connectivity index (χ1n) is 7.24. The first-order chi connectivity index (χ1) is 12.0. The van der Waals surface area contributed by atoms with Crippen LogP contribution in [0.5, 0.6) is 0 Å². The van der Waals surface area contributed by atoms with Crippen molar-refractivity contribution >= 4 is 23.2 Å². The van der Waals surface area contributed by atoms with E-state index in [4.69, 9.17) is 0 Å². The lowest BCUT2D eigenvalue weighted by Gasteiger charge is -2.05. The molecule has 0 bridgehead atoms. The molecule has 9 nitrogen and oxygen atoms in total. The van der Waals surface area contributed by atoms with E-state index in [0.29, 0.717) is 11.3 Å². The van der Waals surface area contributed by atoms with Crippen LogP contribution in [0.15, 0.2) is 53.8 Å². The Kier molecular flexibility index (Phi) is 5.88. The summed E-state index contributed by atoms with van der Waals surface area (Å²) in [6.45, 7) is 1.39. The molecule has 0 aliphatic heterocycles. The van der Waals surface area contributed by atoms with Gasteiger partial charge >= 0.3 is 0 Å². The van der Waals surface area contributed by atoms with Gasteiger partial charge in [0.1, 0.15) is 5.69 Å². The molecule has 1 aromatic heterocycles. The predicted molar refractivity (Wildman–Crippen MR) is 90.0 cm³/mol. The normalized spacial score (nSPS) is 10.8. The van der Waals surface area contributed by atoms with Gasteiger partial charge in [-0.05, 0) is 36.8 Å². The van der Waals surface area contributed by atoms with Crippen molar-refractivity contribution in [2.45, 2.75) is 6.92 Å². The number of hydrogen-bond donors (Lipinski definition) is 2. The average Bonchev–Trinajstić information content (AvgIpc) is 2.64. The standard InChI is InChI=1S/C16H15N5O4/c1-11(12-5-7-13(8-6-12)21(24)25)19-20-15(22)10-18-16(23)14-4-2-3-9-17-14/h2-9H,10H2,1H3,(H,18,23)(H,20,22)/b19-11+. The van der Waals surface area contributed by atoms with E-state index in [1.807, 2.05) is 0 Å². The van der Waals surface area contributed by atoms with Gasteiger partial charge in [-0.25, -0.2) is 5.43 Å². The van der Waals surface area contributed by atoms with Gasteiger partial charge in [0.2, 0.25) is 0 Å². The van der Waals surface area contributed by atoms with Crippen molar-refractivity contribution < 1.29 is 14.5 Å². The lowest BCUT2D eigenvalue weighted by molar-refractivity contribution is -0.384. The molecule has 0 atom stereocenters. The van der Waals surface area contributed by atoms with Crippen LogP contribution < -0.4 is 10.7 Å². The zero-order valence-corrected chi connectivity index (χ0v) is 13.3. The highest BCUT2D eigenvalue weighted by molar-refractivity contribution is 5.99. The maximum absolute atomic E-state index is 11.8. The molecule has 1 heterocycles. The van der Waals surface area contributed by atoms with Crippen LogP contribution in [0.25, 0.3) is 0 Å². The first-order valence-corrected chi connectivity index (χ1v) is 7.24. The number of carbonyl (C=O) groups excluding carboxylic acids is 2. The Balaban J connectivity index is 1.86. The molecule has 1 aromatic carbocycles. The predicted octanol–water partition coefficient (Wildman–Crippen LogP) is 1.26. The van der Waals surface area contributed by atoms with Gasteiger partial charge in [-0.15, -0.1) is 0 Å². The minimum atomic E-state index is -0.509. The number of rotatable bonds is 6. The van der Waals surface area contributed by atoms with Gasteiger partial charge < -0.3 is 5.32 Å². The van der Waals surface area contributed by atoms with Gasteiger partial charge in [-0.1, -0.05) is 6.07 Å². The second-order valence-electron chi connectivity index (χ2n) is 4.93. The number of non-ortho nitro benzene ring substituents is 1. The fourth-order valence-corrected chi connectivity index (χ4v) is 1.82. The third-order valence-electron chi connectivity index (χ3n) is 3.15. The van der Waals surface area contributed by atoms with Crippen LogP contribution in [0, 0.1) is 10.1 Å². The second kappa shape index (κ2) is 8.29. The zero-order chi connectivity index (χ0) is 18.2. The van der Waals surface area contributed by atoms with E-state index >= 15 is 0 Å². The maximum Gasteiger partial charge on any atom is 0.270 e. The molecule has 2 amide bonds. The molecule has 0 unspecified atom stereocenters. The van der Waals surface area contributed by atoms with Crippen molar-refractivity contribution in [3.63, 3.8) is 0 Å². The molecule has 128 valence electrons. The van der Waals surface area contributed by atoms with E-state index in [0.717, 1.165) is 0 Å². The molecular weight excluding hydrogens is 326 g/mol. The van der Waals surface area contributed by atoms with Crippen LogP contribution >= 0.6 is 0 Å². The number of nitrogens with one attached hydrogen (secondary N) is 2. The summed E-state index contributed by atoms with van der Waals surface area (Å²) in [4.78, 5) is 37.4. The van der Waals surface area contributed by atoms with Gasteiger partial charge in [-0.3, -0.25) is 24.7 Å². The van der Waals surface area contributed by atoms with Crippen molar-refractivity contribution in [2.24, 2.45) is 5.10 Å². The van der Waals surface area contributed by atoms with E-state index < -0.39 is 16.7 Å². The van der Waals surface area contributed by atoms with Crippen molar-refractivity contribution in [3.8, 4) is 0 Å². The lowest BCUT2D eigenvalue weighted by atomic mass is 10.1. The van der Waals surface area contributed by atoms with Crippen LogP contribution in [-0.2, 0) is 4.79 Å². The molecule has 2 N–H and O–H groups in total. The Labute approximate surface area is 142 Å². The summed E-state index contributed by atoms with van der Waals surface area (Å²) in [5.41, 5.74) is 3.58. The molecule has 0 aliphatic carbocycles. The third kappa shape index (κ3) is 5.20. The van der Waals surface area contributed by atoms with Gasteiger partial charge in [0, 0.05) is 18.3 Å². The summed E-state index contributed by atoms with van der Waals surface area (Å²) in [7, 11) is 0. The molecule has 9 heteroatoms. The first kappa shape index (κ1) is 17.7. The molecule has 0 aliphatic rings. The van der Waals surface area contributed by atoms with Gasteiger partial charge in [0.25, 0.3) is 17.5 Å². The topological polar surface area (TPSA) is 127 Å². The van der Waals surface area contributed by atoms with E-state index in [-0.39, 0.29) is 17.9 Å². The smallest absolute Gasteiger partial charge is 0.270 e. The monoisotopic (exact) mass is 341 g/mol. The number of hydrogen-bond acceptors (Lipinski definition) is 6. The Morgan fingerprint density at radius 3 is 2.52 bits per heavy atom. The number of nitrogens with zero attached hydrogens (tertiary/aromatic N) is 3. The van der Waals surface area contributed by atoms with Crippen molar-refractivity contribution in [2.75, 3.05) is 6.54 Å². The Morgan fingerprint density at radius 1 is 1.20 bits per heavy atom. The van der Waals surface area contributed by atoms with Crippen LogP contribution in [0.1, 0.15) is 23.0 Å². The zero-order valence-electron chi connectivity index (χ0n) is 13.3. The van der Waals surface area contributed by atoms with Gasteiger partial charge in [-0.2, -0.15) is 5.10 Å². The Bertz CT molecular complexity index is 803. The summed E-state index contributed by atoms with van der Waals surface area (Å²) in [5, 5.41) is 16.9. The number of pyridine rings is 1. The lowest BCUT2D eigenvalue weighted by Crippen LogP contribution is -2.35. The number of benzene rings is 1. The van der Waals surface area contributed by atoms with Gasteiger partial charge in [0.05, 0.1) is 17.2 Å². The number of aromatic nitrogens is 1. The summed E-state index contributed by atoms with van der Waals surface area (Å²) in [5.74, 6) is -0.975. The molecule has 0 saturated heterocycles. The molecule has 0 saturated carbocycles. The SMILES string of the molecule is C/C(=N\NC(=O)CNC(=O)c1ccccn1)c1ccc([N+](=O)[O-])cc1. The number of carbonyl (C=O) groups is 2. The molecular formula is C16H15N5O4. The van der Waals surface area contributed by atoms with Crippen LogP contribution in [-0.4, -0.2) is 34.0 Å². The summed E-state index contributed by atoms with van der Waals surface area (Å²) in [6.07, 6.45) is 1.48. The van der Waals surface area contributed by atoms with E-state index in [2.05, 4.69) is 20.8 Å². The molecule has 2 aromatic rings. The van der Waals surface area contributed by atoms with Crippen molar-refractivity contribution in [1.82, 2.24) is 15.7 Å². The van der Waals surface area contributed by atoms with E-state index in [1.165, 1.54) is 36.5 Å². The largest absolute Gasteiger partial charge is 0.342 e. The highest BCUT2D eigenvalue weighted by Crippen LogP contribution is 2.12. The molecule has 0 fully saturated rings. The van der Waals surface area contributed by atoms with Crippen LogP contribution in [0.3, 0.4) is 0 Å². The van der Waals surface area contributed by atoms with Crippen molar-refractivity contribution in [1.29, 1.82) is 0 Å². The molecule has 2 rings (SSSR count). The number of hydrazone groups is 1. The summed E-state index contributed by atoms with van der Waals surface area (Å²) >= 11 is 0. The van der Waals surface area contributed by atoms with Crippen LogP contribution in [0.2, 0.25) is 0 Å². The molecule has 0 radical (unpaired) electrons. The van der Waals surface area contributed by atoms with Crippen LogP contribution in [0.4, 0.5) is 5.69 Å². The quantitative estimate of drug-likeness (QED) is 0.464. The maximum atomic E-state index is 11.8.